The highest BCUT2D eigenvalue weighted by molar-refractivity contribution is 5.99. The second-order valence-electron chi connectivity index (χ2n) is 6.90. The molecule has 4 aromatic rings. The number of halogens is 4. The second-order valence-corrected chi connectivity index (χ2v) is 6.90. The molecule has 4 rings (SSSR count). The molecule has 0 bridgehead atoms. The van der Waals surface area contributed by atoms with Crippen LogP contribution >= 0.6 is 0 Å². The molecule has 0 amide bonds. The monoisotopic (exact) mass is 430 g/mol. The van der Waals surface area contributed by atoms with Gasteiger partial charge in [-0.3, -0.25) is 14.8 Å². The average molecular weight is 430 g/mol. The molecule has 1 N–H and O–H groups in total. The van der Waals surface area contributed by atoms with Crippen LogP contribution in [0.3, 0.4) is 0 Å². The molecule has 158 valence electrons. The van der Waals surface area contributed by atoms with E-state index in [-0.39, 0.29) is 23.3 Å². The van der Waals surface area contributed by atoms with E-state index in [0.717, 1.165) is 12.1 Å². The highest BCUT2D eigenvalue weighted by atomic mass is 19.4. The molecule has 0 aliphatic heterocycles. The molecule has 2 heterocycles. The van der Waals surface area contributed by atoms with Crippen LogP contribution in [0.1, 0.15) is 39.5 Å². The lowest BCUT2D eigenvalue weighted by Gasteiger charge is -2.18. The van der Waals surface area contributed by atoms with Crippen molar-refractivity contribution >= 4 is 16.9 Å². The van der Waals surface area contributed by atoms with Crippen LogP contribution in [0.25, 0.3) is 11.1 Å². The van der Waals surface area contributed by atoms with Crippen LogP contribution in [-0.2, 0) is 6.18 Å². The number of aromatic nitrogens is 2. The number of nitrogens with one attached hydrogen (secondary N) is 1. The number of carbonyl (C=O) groups excluding carboxylic acids is 1. The number of carbonyl (C=O) groups is 1. The van der Waals surface area contributed by atoms with Gasteiger partial charge >= 0.3 is 11.9 Å². The fourth-order valence-electron chi connectivity index (χ4n) is 3.36. The summed E-state index contributed by atoms with van der Waals surface area (Å²) < 4.78 is 58.1. The number of oxazole rings is 1. The van der Waals surface area contributed by atoms with E-state index in [1.165, 1.54) is 48.7 Å². The number of hydrogen-bond acceptors (Lipinski definition) is 4. The van der Waals surface area contributed by atoms with Gasteiger partial charge in [-0.2, -0.15) is 13.2 Å². The highest BCUT2D eigenvalue weighted by Gasteiger charge is 2.31. The van der Waals surface area contributed by atoms with Gasteiger partial charge in [-0.25, -0.2) is 9.18 Å². The molecule has 31 heavy (non-hydrogen) atoms. The number of ketones is 1. The summed E-state index contributed by atoms with van der Waals surface area (Å²) in [6, 6.07) is 11.1. The normalized spacial score (nSPS) is 12.8. The minimum absolute atomic E-state index is 0.0478. The van der Waals surface area contributed by atoms with E-state index in [2.05, 4.69) is 9.97 Å². The van der Waals surface area contributed by atoms with Gasteiger partial charge in [0.15, 0.2) is 11.4 Å². The van der Waals surface area contributed by atoms with E-state index in [1.54, 1.807) is 0 Å². The lowest BCUT2D eigenvalue weighted by Crippen LogP contribution is -2.13. The van der Waals surface area contributed by atoms with Gasteiger partial charge in [-0.1, -0.05) is 12.1 Å². The van der Waals surface area contributed by atoms with E-state index in [0.29, 0.717) is 11.1 Å². The Morgan fingerprint density at radius 3 is 2.52 bits per heavy atom. The predicted octanol–water partition coefficient (Wildman–Crippen LogP) is 5.08. The lowest BCUT2D eigenvalue weighted by molar-refractivity contribution is -0.137. The Labute approximate surface area is 172 Å². The van der Waals surface area contributed by atoms with Crippen molar-refractivity contribution in [2.45, 2.75) is 18.5 Å². The van der Waals surface area contributed by atoms with Gasteiger partial charge in [-0.15, -0.1) is 0 Å². The Bertz CT molecular complexity index is 1310. The molecular formula is C22H14F4N2O3. The summed E-state index contributed by atoms with van der Waals surface area (Å²) >= 11 is 0. The Hall–Kier alpha value is -3.75. The smallest absolute Gasteiger partial charge is 0.408 e. The molecule has 1 atom stereocenters. The van der Waals surface area contributed by atoms with Crippen LogP contribution in [0.2, 0.25) is 0 Å². The molecule has 0 aliphatic rings. The maximum absolute atomic E-state index is 14.5. The molecular weight excluding hydrogens is 416 g/mol. The van der Waals surface area contributed by atoms with E-state index >= 15 is 0 Å². The van der Waals surface area contributed by atoms with Gasteiger partial charge in [0.05, 0.1) is 16.8 Å². The van der Waals surface area contributed by atoms with Crippen molar-refractivity contribution in [1.82, 2.24) is 9.97 Å². The summed E-state index contributed by atoms with van der Waals surface area (Å²) in [5.74, 6) is -2.65. The molecule has 2 aromatic carbocycles. The van der Waals surface area contributed by atoms with Crippen LogP contribution in [-0.4, -0.2) is 15.8 Å². The number of aromatic amines is 1. The van der Waals surface area contributed by atoms with E-state index < -0.39 is 35.0 Å². The van der Waals surface area contributed by atoms with Gasteiger partial charge < -0.3 is 4.42 Å². The van der Waals surface area contributed by atoms with Crippen LogP contribution in [0.4, 0.5) is 17.6 Å². The fraction of sp³-hybridized carbons (Fsp3) is 0.136. The second kappa shape index (κ2) is 7.82. The third-order valence-electron chi connectivity index (χ3n) is 4.89. The first-order valence-electron chi connectivity index (χ1n) is 9.16. The number of nitrogens with zero attached hydrogens (tertiary/aromatic N) is 1. The van der Waals surface area contributed by atoms with Gasteiger partial charge in [0.2, 0.25) is 0 Å². The van der Waals surface area contributed by atoms with Crippen molar-refractivity contribution in [1.29, 1.82) is 0 Å². The van der Waals surface area contributed by atoms with Crippen molar-refractivity contribution in [3.8, 4) is 0 Å². The number of hydrogen-bond donors (Lipinski definition) is 1. The number of benzene rings is 2. The summed E-state index contributed by atoms with van der Waals surface area (Å²) in [6.07, 6.45) is -3.41. The first-order chi connectivity index (χ1) is 14.7. The van der Waals surface area contributed by atoms with Crippen molar-refractivity contribution in [3.05, 3.63) is 99.5 Å². The third kappa shape index (κ3) is 4.25. The maximum Gasteiger partial charge on any atom is 0.417 e. The molecule has 5 nitrogen and oxygen atoms in total. The lowest BCUT2D eigenvalue weighted by atomic mass is 9.87. The van der Waals surface area contributed by atoms with E-state index in [1.807, 2.05) is 0 Å². The standard InChI is InChI=1S/C22H14F4N2O3/c23-16-2-1-9-27-20(16)15(12-3-6-14(7-4-12)22(24,25)26)11-18(29)13-5-8-19-17(10-13)28-21(30)31-19/h1-10,15H,11H2,(H,28,30)/t15-/m0/s1. The fourth-order valence-corrected chi connectivity index (χ4v) is 3.36. The van der Waals surface area contributed by atoms with Crippen molar-refractivity contribution in [3.63, 3.8) is 0 Å². The minimum atomic E-state index is -4.52. The molecule has 0 radical (unpaired) electrons. The maximum atomic E-state index is 14.5. The Morgan fingerprint density at radius 2 is 1.84 bits per heavy atom. The van der Waals surface area contributed by atoms with Crippen LogP contribution in [0.15, 0.2) is 70.0 Å². The molecule has 0 spiro atoms. The topological polar surface area (TPSA) is 76.0 Å². The molecule has 0 unspecified atom stereocenters. The summed E-state index contributed by atoms with van der Waals surface area (Å²) in [4.78, 5) is 30.7. The zero-order valence-corrected chi connectivity index (χ0v) is 15.7. The largest absolute Gasteiger partial charge is 0.417 e. The summed E-state index contributed by atoms with van der Waals surface area (Å²) in [5, 5.41) is 0. The summed E-state index contributed by atoms with van der Waals surface area (Å²) in [6.45, 7) is 0. The van der Waals surface area contributed by atoms with Crippen LogP contribution in [0, 0.1) is 5.82 Å². The average Bonchev–Trinajstić information content (AvgIpc) is 3.11. The predicted molar refractivity (Wildman–Crippen MR) is 103 cm³/mol. The van der Waals surface area contributed by atoms with Gasteiger partial charge in [0.25, 0.3) is 0 Å². The highest BCUT2D eigenvalue weighted by Crippen LogP contribution is 2.34. The SMILES string of the molecule is O=C(C[C@@H](c1ccc(C(F)(F)F)cc1)c1ncccc1F)c1ccc2oc(=O)[nH]c2c1. The summed E-state index contributed by atoms with van der Waals surface area (Å²) in [5.41, 5.74) is 0.252. The number of alkyl halides is 3. The first kappa shape index (κ1) is 20.5. The summed E-state index contributed by atoms with van der Waals surface area (Å²) in [7, 11) is 0. The Kier molecular flexibility index (Phi) is 5.18. The molecule has 0 aliphatic carbocycles. The number of rotatable bonds is 5. The molecule has 2 aromatic heterocycles. The van der Waals surface area contributed by atoms with Crippen molar-refractivity contribution in [2.24, 2.45) is 0 Å². The zero-order valence-electron chi connectivity index (χ0n) is 15.7. The van der Waals surface area contributed by atoms with Gasteiger partial charge in [0, 0.05) is 24.1 Å². The molecule has 9 heteroatoms. The van der Waals surface area contributed by atoms with Gasteiger partial charge in [0.1, 0.15) is 5.82 Å². The van der Waals surface area contributed by atoms with E-state index in [9.17, 15) is 27.2 Å². The minimum Gasteiger partial charge on any atom is -0.408 e. The van der Waals surface area contributed by atoms with Crippen LogP contribution in [0.5, 0.6) is 0 Å². The molecule has 0 saturated carbocycles. The van der Waals surface area contributed by atoms with Crippen molar-refractivity contribution in [2.75, 3.05) is 0 Å². The van der Waals surface area contributed by atoms with Gasteiger partial charge in [-0.05, 0) is 48.0 Å². The number of Topliss-reactive ketones (excluding diaryl/α,β-unsaturated/α-hetero) is 1. The zero-order chi connectivity index (χ0) is 22.2. The molecule has 0 fully saturated rings. The van der Waals surface area contributed by atoms with Crippen molar-refractivity contribution < 1.29 is 26.8 Å². The Morgan fingerprint density at radius 1 is 1.10 bits per heavy atom. The first-order valence-corrected chi connectivity index (χ1v) is 9.16. The number of fused-ring (bicyclic) bond motifs is 1. The number of H-pyrrole nitrogens is 1. The quantitative estimate of drug-likeness (QED) is 0.354. The van der Waals surface area contributed by atoms with Crippen LogP contribution < -0.4 is 5.76 Å². The van der Waals surface area contributed by atoms with E-state index in [4.69, 9.17) is 4.42 Å². The third-order valence-corrected chi connectivity index (χ3v) is 4.89. The number of pyridine rings is 1. The molecule has 0 saturated heterocycles. The Balaban J connectivity index is 1.71.